The van der Waals surface area contributed by atoms with E-state index >= 15 is 0 Å². The lowest BCUT2D eigenvalue weighted by atomic mass is 10.0. The van der Waals surface area contributed by atoms with Gasteiger partial charge in [0.15, 0.2) is 6.61 Å². The number of nitrogens with one attached hydrogen (secondary N) is 2. The second-order valence-electron chi connectivity index (χ2n) is 7.50. The van der Waals surface area contributed by atoms with Crippen molar-refractivity contribution in [2.45, 2.75) is 25.4 Å². The van der Waals surface area contributed by atoms with Crippen LogP contribution in [0.4, 0.5) is 0 Å². The molecule has 4 rings (SSSR count). The Morgan fingerprint density at radius 2 is 1.83 bits per heavy atom. The molecule has 1 aliphatic heterocycles. The van der Waals surface area contributed by atoms with Gasteiger partial charge in [0, 0.05) is 42.0 Å². The number of carbonyl (C=O) groups is 1. The highest BCUT2D eigenvalue weighted by Crippen LogP contribution is 2.19. The molecule has 1 aromatic heterocycles. The highest BCUT2D eigenvalue weighted by Gasteiger charge is 2.23. The smallest absolute Gasteiger partial charge is 0.336 e. The predicted molar refractivity (Wildman–Crippen MR) is 110 cm³/mol. The summed E-state index contributed by atoms with van der Waals surface area (Å²) in [5.41, 5.74) is 1.39. The molecule has 1 saturated heterocycles. The summed E-state index contributed by atoms with van der Waals surface area (Å²) in [6, 6.07) is 19.0. The maximum Gasteiger partial charge on any atom is 0.336 e. The van der Waals surface area contributed by atoms with Gasteiger partial charge in [-0.2, -0.15) is 0 Å². The maximum absolute atomic E-state index is 12.3. The number of likely N-dealkylation sites (tertiary alicyclic amines) is 1. The van der Waals surface area contributed by atoms with E-state index in [2.05, 4.69) is 29.6 Å². The first kappa shape index (κ1) is 19.2. The van der Waals surface area contributed by atoms with Crippen LogP contribution < -0.4 is 20.6 Å². The first-order valence-corrected chi connectivity index (χ1v) is 9.99. The molecule has 2 heterocycles. The van der Waals surface area contributed by atoms with Crippen LogP contribution in [0.3, 0.4) is 0 Å². The van der Waals surface area contributed by atoms with Gasteiger partial charge >= 0.3 is 5.63 Å². The van der Waals surface area contributed by atoms with Crippen LogP contribution in [-0.2, 0) is 11.3 Å². The van der Waals surface area contributed by atoms with Crippen LogP contribution in [0.5, 0.6) is 5.75 Å². The van der Waals surface area contributed by atoms with Crippen LogP contribution in [-0.4, -0.2) is 31.6 Å². The molecule has 29 heavy (non-hydrogen) atoms. The van der Waals surface area contributed by atoms with Gasteiger partial charge in [-0.25, -0.2) is 4.79 Å². The van der Waals surface area contributed by atoms with E-state index in [9.17, 15) is 9.59 Å². The lowest BCUT2D eigenvalue weighted by Crippen LogP contribution is -3.12. The van der Waals surface area contributed by atoms with Crippen molar-refractivity contribution >= 4 is 16.9 Å². The number of benzene rings is 2. The highest BCUT2D eigenvalue weighted by molar-refractivity contribution is 5.79. The molecule has 6 heteroatoms. The number of piperidine rings is 1. The van der Waals surface area contributed by atoms with Crippen molar-refractivity contribution in [3.8, 4) is 5.75 Å². The first-order valence-electron chi connectivity index (χ1n) is 9.99. The molecule has 2 aromatic carbocycles. The Morgan fingerprint density at radius 3 is 2.62 bits per heavy atom. The zero-order valence-corrected chi connectivity index (χ0v) is 16.2. The van der Waals surface area contributed by atoms with Gasteiger partial charge in [-0.15, -0.1) is 0 Å². The van der Waals surface area contributed by atoms with Crippen molar-refractivity contribution in [3.05, 3.63) is 76.6 Å². The van der Waals surface area contributed by atoms with E-state index in [0.717, 1.165) is 37.9 Å². The number of hydrogen-bond acceptors (Lipinski definition) is 4. The topological polar surface area (TPSA) is 73.0 Å². The van der Waals surface area contributed by atoms with E-state index in [4.69, 9.17) is 9.15 Å². The van der Waals surface area contributed by atoms with Crippen LogP contribution >= 0.6 is 0 Å². The molecule has 0 bridgehead atoms. The number of carbonyl (C=O) groups excluding carboxylic acids is 1. The van der Waals surface area contributed by atoms with Crippen LogP contribution in [0.15, 0.2) is 69.9 Å². The Hall–Kier alpha value is -3.12. The molecule has 0 unspecified atom stereocenters. The Morgan fingerprint density at radius 1 is 1.07 bits per heavy atom. The van der Waals surface area contributed by atoms with Crippen molar-refractivity contribution in [1.29, 1.82) is 0 Å². The fourth-order valence-electron chi connectivity index (χ4n) is 3.78. The van der Waals surface area contributed by atoms with Gasteiger partial charge in [0.25, 0.3) is 5.91 Å². The third kappa shape index (κ3) is 5.23. The fraction of sp³-hybridized carbons (Fsp3) is 0.304. The minimum absolute atomic E-state index is 0.0559. The Bertz CT molecular complexity index is 1020. The van der Waals surface area contributed by atoms with Gasteiger partial charge in [-0.1, -0.05) is 30.3 Å². The second kappa shape index (κ2) is 8.92. The van der Waals surface area contributed by atoms with Crippen LogP contribution in [0.25, 0.3) is 11.0 Å². The molecule has 0 spiro atoms. The molecular formula is C23H25N2O4+. The Labute approximate surface area is 169 Å². The zero-order valence-electron chi connectivity index (χ0n) is 16.2. The third-order valence-corrected chi connectivity index (χ3v) is 5.32. The number of fused-ring (bicyclic) bond motifs is 1. The summed E-state index contributed by atoms with van der Waals surface area (Å²) >= 11 is 0. The second-order valence-corrected chi connectivity index (χ2v) is 7.50. The molecule has 3 aromatic rings. The summed E-state index contributed by atoms with van der Waals surface area (Å²) in [6.07, 6.45) is 1.93. The summed E-state index contributed by atoms with van der Waals surface area (Å²) in [5.74, 6) is 0.375. The molecule has 150 valence electrons. The summed E-state index contributed by atoms with van der Waals surface area (Å²) in [6.45, 7) is 3.07. The molecule has 0 atom stereocenters. The molecule has 0 aliphatic carbocycles. The van der Waals surface area contributed by atoms with E-state index in [-0.39, 0.29) is 18.6 Å². The number of amides is 1. The number of ether oxygens (including phenoxy) is 1. The van der Waals surface area contributed by atoms with E-state index in [1.54, 1.807) is 29.2 Å². The predicted octanol–water partition coefficient (Wildman–Crippen LogP) is 1.54. The molecule has 6 nitrogen and oxygen atoms in total. The highest BCUT2D eigenvalue weighted by atomic mass is 16.5. The van der Waals surface area contributed by atoms with Crippen LogP contribution in [0, 0.1) is 0 Å². The Balaban J connectivity index is 1.23. The first-order chi connectivity index (χ1) is 14.2. The van der Waals surface area contributed by atoms with E-state index in [1.165, 1.54) is 11.6 Å². The van der Waals surface area contributed by atoms with E-state index in [0.29, 0.717) is 11.3 Å². The summed E-state index contributed by atoms with van der Waals surface area (Å²) in [4.78, 5) is 25.1. The quantitative estimate of drug-likeness (QED) is 0.623. The van der Waals surface area contributed by atoms with Gasteiger partial charge in [-0.05, 0) is 18.2 Å². The van der Waals surface area contributed by atoms with Crippen molar-refractivity contribution < 1.29 is 18.8 Å². The van der Waals surface area contributed by atoms with Crippen molar-refractivity contribution in [2.24, 2.45) is 0 Å². The van der Waals surface area contributed by atoms with Gasteiger partial charge in [0.1, 0.15) is 17.9 Å². The molecule has 1 amide bonds. The van der Waals surface area contributed by atoms with Gasteiger partial charge in [0.05, 0.1) is 13.1 Å². The van der Waals surface area contributed by atoms with Gasteiger partial charge < -0.3 is 19.4 Å². The largest absolute Gasteiger partial charge is 0.484 e. The average Bonchev–Trinajstić information content (AvgIpc) is 2.74. The van der Waals surface area contributed by atoms with Crippen LogP contribution in [0.2, 0.25) is 0 Å². The lowest BCUT2D eigenvalue weighted by Gasteiger charge is -2.29. The molecule has 0 radical (unpaired) electrons. The summed E-state index contributed by atoms with van der Waals surface area (Å²) in [7, 11) is 0. The number of rotatable bonds is 6. The van der Waals surface area contributed by atoms with E-state index < -0.39 is 5.63 Å². The monoisotopic (exact) mass is 393 g/mol. The van der Waals surface area contributed by atoms with Gasteiger partial charge in [0.2, 0.25) is 0 Å². The summed E-state index contributed by atoms with van der Waals surface area (Å²) in [5, 5.41) is 3.88. The molecule has 0 saturated carbocycles. The average molecular weight is 393 g/mol. The molecular weight excluding hydrogens is 368 g/mol. The number of hydrogen-bond donors (Lipinski definition) is 2. The minimum Gasteiger partial charge on any atom is -0.484 e. The Kier molecular flexibility index (Phi) is 5.91. The van der Waals surface area contributed by atoms with Crippen molar-refractivity contribution in [1.82, 2.24) is 5.32 Å². The third-order valence-electron chi connectivity index (χ3n) is 5.32. The molecule has 1 aliphatic rings. The lowest BCUT2D eigenvalue weighted by molar-refractivity contribution is -0.918. The number of quaternary nitrogens is 1. The SMILES string of the molecule is O=C(COc1ccc2ccc(=O)oc2c1)NC1CC[NH+](Cc2ccccc2)CC1. The van der Waals surface area contributed by atoms with E-state index in [1.807, 2.05) is 6.07 Å². The minimum atomic E-state index is -0.409. The fourth-order valence-corrected chi connectivity index (χ4v) is 3.78. The standard InChI is InChI=1S/C23H24N2O4/c26-22(16-28-20-8-6-18-7-9-23(27)29-21(18)14-20)24-19-10-12-25(13-11-19)15-17-4-2-1-3-5-17/h1-9,14,19H,10-13,15-16H2,(H,24,26)/p+1. The normalized spacial score (nSPS) is 19.0. The van der Waals surface area contributed by atoms with Crippen molar-refractivity contribution in [2.75, 3.05) is 19.7 Å². The molecule has 2 N–H and O–H groups in total. The zero-order chi connectivity index (χ0) is 20.1. The van der Waals surface area contributed by atoms with Gasteiger partial charge in [-0.3, -0.25) is 4.79 Å². The van der Waals surface area contributed by atoms with Crippen LogP contribution in [0.1, 0.15) is 18.4 Å². The summed E-state index contributed by atoms with van der Waals surface area (Å²) < 4.78 is 10.7. The maximum atomic E-state index is 12.3. The van der Waals surface area contributed by atoms with Crippen molar-refractivity contribution in [3.63, 3.8) is 0 Å². The molecule has 1 fully saturated rings.